The van der Waals surface area contributed by atoms with Crippen molar-refractivity contribution in [1.29, 1.82) is 0 Å². The SMILES string of the molecule is Cc1cc(C(=O)CN(C)C2CCCCC2)c(C)n1-c1ccc(Cl)cc1. The second-order valence-electron chi connectivity index (χ2n) is 7.23. The second kappa shape index (κ2) is 7.76. The first-order valence-electron chi connectivity index (χ1n) is 9.15. The van der Waals surface area contributed by atoms with Crippen molar-refractivity contribution in [2.24, 2.45) is 0 Å². The van der Waals surface area contributed by atoms with Crippen LogP contribution in [0.25, 0.3) is 5.69 Å². The molecule has 0 N–H and O–H groups in total. The largest absolute Gasteiger partial charge is 0.318 e. The van der Waals surface area contributed by atoms with E-state index in [9.17, 15) is 4.79 Å². The first kappa shape index (κ1) is 18.2. The van der Waals surface area contributed by atoms with Crippen LogP contribution in [0.4, 0.5) is 0 Å². The van der Waals surface area contributed by atoms with E-state index in [0.717, 1.165) is 27.7 Å². The number of rotatable bonds is 5. The Balaban J connectivity index is 1.79. The number of aryl methyl sites for hydroxylation is 1. The third kappa shape index (κ3) is 3.99. The third-order valence-electron chi connectivity index (χ3n) is 5.41. The summed E-state index contributed by atoms with van der Waals surface area (Å²) in [6.45, 7) is 4.56. The molecule has 3 rings (SSSR count). The Morgan fingerprint density at radius 1 is 1.16 bits per heavy atom. The smallest absolute Gasteiger partial charge is 0.178 e. The van der Waals surface area contributed by atoms with Crippen LogP contribution in [0, 0.1) is 13.8 Å². The van der Waals surface area contributed by atoms with E-state index in [2.05, 4.69) is 16.5 Å². The van der Waals surface area contributed by atoms with Crippen molar-refractivity contribution in [2.45, 2.75) is 52.0 Å². The minimum atomic E-state index is 0.210. The lowest BCUT2D eigenvalue weighted by molar-refractivity contribution is 0.0899. The Labute approximate surface area is 155 Å². The van der Waals surface area contributed by atoms with Crippen LogP contribution in [0.2, 0.25) is 5.02 Å². The molecule has 4 heteroatoms. The highest BCUT2D eigenvalue weighted by molar-refractivity contribution is 6.30. The van der Waals surface area contributed by atoms with Gasteiger partial charge in [0, 0.05) is 33.7 Å². The molecular weight excluding hydrogens is 332 g/mol. The maximum atomic E-state index is 12.9. The van der Waals surface area contributed by atoms with Gasteiger partial charge in [-0.25, -0.2) is 0 Å². The third-order valence-corrected chi connectivity index (χ3v) is 5.66. The molecule has 0 atom stereocenters. The molecule has 0 radical (unpaired) electrons. The molecule has 1 fully saturated rings. The van der Waals surface area contributed by atoms with Crippen LogP contribution >= 0.6 is 11.6 Å². The fraction of sp³-hybridized carbons (Fsp3) is 0.476. The van der Waals surface area contributed by atoms with Gasteiger partial charge in [-0.15, -0.1) is 0 Å². The van der Waals surface area contributed by atoms with Crippen molar-refractivity contribution in [3.8, 4) is 5.69 Å². The predicted molar refractivity (Wildman–Crippen MR) is 104 cm³/mol. The zero-order valence-electron chi connectivity index (χ0n) is 15.4. The normalized spacial score (nSPS) is 15.7. The summed E-state index contributed by atoms with van der Waals surface area (Å²) in [7, 11) is 2.09. The lowest BCUT2D eigenvalue weighted by atomic mass is 9.94. The van der Waals surface area contributed by atoms with Crippen molar-refractivity contribution in [2.75, 3.05) is 13.6 Å². The van der Waals surface area contributed by atoms with Gasteiger partial charge in [-0.2, -0.15) is 0 Å². The minimum Gasteiger partial charge on any atom is -0.318 e. The molecule has 0 unspecified atom stereocenters. The second-order valence-corrected chi connectivity index (χ2v) is 7.66. The van der Waals surface area contributed by atoms with Gasteiger partial charge in [0.05, 0.1) is 6.54 Å². The first-order chi connectivity index (χ1) is 12.0. The van der Waals surface area contributed by atoms with Crippen LogP contribution in [0.15, 0.2) is 30.3 Å². The number of halogens is 1. The number of ketones is 1. The number of nitrogens with zero attached hydrogens (tertiary/aromatic N) is 2. The Morgan fingerprint density at radius 3 is 2.44 bits per heavy atom. The predicted octanol–water partition coefficient (Wildman–Crippen LogP) is 5.19. The number of likely N-dealkylation sites (N-methyl/N-ethyl adjacent to an activating group) is 1. The zero-order chi connectivity index (χ0) is 18.0. The van der Waals surface area contributed by atoms with E-state index in [4.69, 9.17) is 11.6 Å². The van der Waals surface area contributed by atoms with Crippen molar-refractivity contribution in [1.82, 2.24) is 9.47 Å². The number of aromatic nitrogens is 1. The van der Waals surface area contributed by atoms with Crippen LogP contribution < -0.4 is 0 Å². The summed E-state index contributed by atoms with van der Waals surface area (Å²) in [5, 5.41) is 0.719. The van der Waals surface area contributed by atoms with E-state index in [-0.39, 0.29) is 5.78 Å². The van der Waals surface area contributed by atoms with Crippen LogP contribution in [0.5, 0.6) is 0 Å². The van der Waals surface area contributed by atoms with Crippen LogP contribution in [-0.4, -0.2) is 34.9 Å². The van der Waals surface area contributed by atoms with E-state index in [1.807, 2.05) is 44.2 Å². The molecule has 1 heterocycles. The van der Waals surface area contributed by atoms with Gasteiger partial charge in [0.1, 0.15) is 0 Å². The minimum absolute atomic E-state index is 0.210. The lowest BCUT2D eigenvalue weighted by Gasteiger charge is -2.30. The van der Waals surface area contributed by atoms with E-state index >= 15 is 0 Å². The van der Waals surface area contributed by atoms with E-state index < -0.39 is 0 Å². The maximum absolute atomic E-state index is 12.9. The molecule has 0 bridgehead atoms. The average Bonchev–Trinajstić information content (AvgIpc) is 2.91. The fourth-order valence-electron chi connectivity index (χ4n) is 4.00. The summed E-state index contributed by atoms with van der Waals surface area (Å²) in [4.78, 5) is 15.1. The van der Waals surface area contributed by atoms with E-state index in [1.54, 1.807) is 0 Å². The Hall–Kier alpha value is -1.58. The number of Topliss-reactive ketones (excluding diaryl/α,β-unsaturated/α-hetero) is 1. The molecule has 0 spiro atoms. The van der Waals surface area contributed by atoms with Gasteiger partial charge in [0.25, 0.3) is 0 Å². The Morgan fingerprint density at radius 2 is 1.80 bits per heavy atom. The number of carbonyl (C=O) groups excluding carboxylic acids is 1. The molecule has 134 valence electrons. The van der Waals surface area contributed by atoms with E-state index in [1.165, 1.54) is 32.1 Å². The summed E-state index contributed by atoms with van der Waals surface area (Å²) >= 11 is 6.00. The van der Waals surface area contributed by atoms with Crippen molar-refractivity contribution < 1.29 is 4.79 Å². The van der Waals surface area contributed by atoms with Gasteiger partial charge in [0.15, 0.2) is 5.78 Å². The molecule has 1 aliphatic carbocycles. The molecule has 3 nitrogen and oxygen atoms in total. The highest BCUT2D eigenvalue weighted by Crippen LogP contribution is 2.24. The molecule has 0 aliphatic heterocycles. The summed E-state index contributed by atoms with van der Waals surface area (Å²) < 4.78 is 2.13. The van der Waals surface area contributed by atoms with Gasteiger partial charge in [0.2, 0.25) is 0 Å². The van der Waals surface area contributed by atoms with Crippen molar-refractivity contribution >= 4 is 17.4 Å². The molecular formula is C21H27ClN2O. The Kier molecular flexibility index (Phi) is 5.65. The zero-order valence-corrected chi connectivity index (χ0v) is 16.1. The van der Waals surface area contributed by atoms with Gasteiger partial charge in [-0.05, 0) is 64.1 Å². The van der Waals surface area contributed by atoms with Crippen LogP contribution in [0.3, 0.4) is 0 Å². The molecule has 0 saturated heterocycles. The summed E-state index contributed by atoms with van der Waals surface area (Å²) in [6, 6.07) is 10.3. The molecule has 25 heavy (non-hydrogen) atoms. The van der Waals surface area contributed by atoms with Gasteiger partial charge < -0.3 is 4.57 Å². The number of hydrogen-bond acceptors (Lipinski definition) is 2. The fourth-order valence-corrected chi connectivity index (χ4v) is 4.12. The molecule has 1 aliphatic rings. The summed E-state index contributed by atoms with van der Waals surface area (Å²) in [5.74, 6) is 0.210. The monoisotopic (exact) mass is 358 g/mol. The van der Waals surface area contributed by atoms with Gasteiger partial charge in [-0.1, -0.05) is 30.9 Å². The van der Waals surface area contributed by atoms with Crippen LogP contribution in [-0.2, 0) is 0 Å². The molecule has 2 aromatic rings. The summed E-state index contributed by atoms with van der Waals surface area (Å²) in [6.07, 6.45) is 6.34. The highest BCUT2D eigenvalue weighted by Gasteiger charge is 2.22. The molecule has 0 amide bonds. The van der Waals surface area contributed by atoms with Gasteiger partial charge >= 0.3 is 0 Å². The lowest BCUT2D eigenvalue weighted by Crippen LogP contribution is -2.37. The number of hydrogen-bond donors (Lipinski definition) is 0. The topological polar surface area (TPSA) is 25.2 Å². The van der Waals surface area contributed by atoms with Crippen LogP contribution in [0.1, 0.15) is 53.8 Å². The Bertz CT molecular complexity index is 742. The summed E-state index contributed by atoms with van der Waals surface area (Å²) in [5.41, 5.74) is 3.94. The quantitative estimate of drug-likeness (QED) is 0.687. The first-order valence-corrected chi connectivity index (χ1v) is 9.53. The highest BCUT2D eigenvalue weighted by atomic mass is 35.5. The van der Waals surface area contributed by atoms with Crippen molar-refractivity contribution in [3.05, 3.63) is 52.3 Å². The molecule has 1 saturated carbocycles. The standard InChI is InChI=1S/C21H27ClN2O/c1-15-13-20(16(2)24(15)19-11-9-17(22)10-12-19)21(25)14-23(3)18-7-5-4-6-8-18/h9-13,18H,4-8,14H2,1-3H3. The average molecular weight is 359 g/mol. The van der Waals surface area contributed by atoms with E-state index in [0.29, 0.717) is 12.6 Å². The molecule has 1 aromatic heterocycles. The number of benzene rings is 1. The molecule has 1 aromatic carbocycles. The maximum Gasteiger partial charge on any atom is 0.178 e. The van der Waals surface area contributed by atoms with Gasteiger partial charge in [-0.3, -0.25) is 9.69 Å². The number of carbonyl (C=O) groups is 1. The van der Waals surface area contributed by atoms with Crippen molar-refractivity contribution in [3.63, 3.8) is 0 Å².